The first-order valence-electron chi connectivity index (χ1n) is 9.56. The number of hydrogen-bond acceptors (Lipinski definition) is 5. The van der Waals surface area contributed by atoms with Crippen molar-refractivity contribution in [3.8, 4) is 28.8 Å². The number of nitrogens with one attached hydrogen (secondary N) is 1. The minimum Gasteiger partial charge on any atom is -0.494 e. The van der Waals surface area contributed by atoms with Crippen molar-refractivity contribution in [2.24, 2.45) is 0 Å². The maximum absolute atomic E-state index is 12.5. The van der Waals surface area contributed by atoms with Crippen LogP contribution in [-0.2, 0) is 0 Å². The molecule has 4 rings (SSSR count). The first kappa shape index (κ1) is 20.1. The minimum absolute atomic E-state index is 0.232. The third kappa shape index (κ3) is 4.08. The zero-order valence-corrected chi connectivity index (χ0v) is 17.0. The fourth-order valence-corrected chi connectivity index (χ4v) is 3.33. The van der Waals surface area contributed by atoms with Crippen molar-refractivity contribution < 1.29 is 14.7 Å². The molecule has 0 unspecified atom stereocenters. The van der Waals surface area contributed by atoms with Crippen molar-refractivity contribution >= 4 is 16.8 Å². The van der Waals surface area contributed by atoms with Gasteiger partial charge in [0.25, 0.3) is 5.91 Å². The van der Waals surface area contributed by atoms with Crippen LogP contribution in [0.15, 0.2) is 67.0 Å². The average molecular weight is 409 g/mol. The largest absolute Gasteiger partial charge is 0.494 e. The first-order valence-corrected chi connectivity index (χ1v) is 9.56. The van der Waals surface area contributed by atoms with Crippen molar-refractivity contribution in [3.63, 3.8) is 0 Å². The van der Waals surface area contributed by atoms with Gasteiger partial charge in [-0.15, -0.1) is 0 Å². The highest BCUT2D eigenvalue weighted by Crippen LogP contribution is 2.36. The van der Waals surface area contributed by atoms with Gasteiger partial charge in [-0.05, 0) is 43.3 Å². The molecule has 0 aliphatic carbocycles. The minimum atomic E-state index is -0.657. The third-order valence-electron chi connectivity index (χ3n) is 4.82. The molecule has 0 aliphatic heterocycles. The number of rotatable bonds is 3. The SMILES string of the molecule is COc1c(-c2ccc(C#Cc3ccncc3)cc2)nc2ccc(C)cc2c1C(=O)NO. The van der Waals surface area contributed by atoms with E-state index in [0.29, 0.717) is 22.3 Å². The van der Waals surface area contributed by atoms with Crippen molar-refractivity contribution in [2.45, 2.75) is 6.92 Å². The fourth-order valence-electron chi connectivity index (χ4n) is 3.33. The summed E-state index contributed by atoms with van der Waals surface area (Å²) >= 11 is 0. The maximum Gasteiger partial charge on any atom is 0.279 e. The molecular weight excluding hydrogens is 390 g/mol. The fraction of sp³-hybridized carbons (Fsp3) is 0.0800. The van der Waals surface area contributed by atoms with Gasteiger partial charge in [-0.2, -0.15) is 0 Å². The molecule has 0 bridgehead atoms. The summed E-state index contributed by atoms with van der Waals surface area (Å²) in [5.74, 6) is 5.84. The zero-order valence-electron chi connectivity index (χ0n) is 17.0. The Hall–Kier alpha value is -4.21. The van der Waals surface area contributed by atoms with E-state index in [0.717, 1.165) is 22.3 Å². The molecule has 0 spiro atoms. The smallest absolute Gasteiger partial charge is 0.279 e. The molecular formula is C25H19N3O3. The number of aryl methyl sites for hydroxylation is 1. The first-order chi connectivity index (χ1) is 15.1. The Morgan fingerprint density at radius 1 is 1.00 bits per heavy atom. The summed E-state index contributed by atoms with van der Waals surface area (Å²) in [6.45, 7) is 1.92. The lowest BCUT2D eigenvalue weighted by molar-refractivity contribution is 0.0705. The van der Waals surface area contributed by atoms with Crippen LogP contribution in [0.2, 0.25) is 0 Å². The zero-order chi connectivity index (χ0) is 21.8. The Morgan fingerprint density at radius 3 is 2.32 bits per heavy atom. The Balaban J connectivity index is 1.81. The predicted octanol–water partition coefficient (Wildman–Crippen LogP) is 4.13. The lowest BCUT2D eigenvalue weighted by atomic mass is 10.00. The molecule has 152 valence electrons. The molecule has 4 aromatic rings. The van der Waals surface area contributed by atoms with Crippen LogP contribution in [0.1, 0.15) is 27.0 Å². The van der Waals surface area contributed by atoms with Crippen molar-refractivity contribution in [2.75, 3.05) is 7.11 Å². The van der Waals surface area contributed by atoms with Gasteiger partial charge >= 0.3 is 0 Å². The van der Waals surface area contributed by atoms with E-state index in [1.165, 1.54) is 7.11 Å². The summed E-state index contributed by atoms with van der Waals surface area (Å²) in [5.41, 5.74) is 6.53. The van der Waals surface area contributed by atoms with Crippen LogP contribution in [0.5, 0.6) is 5.75 Å². The van der Waals surface area contributed by atoms with E-state index in [-0.39, 0.29) is 5.56 Å². The van der Waals surface area contributed by atoms with Crippen molar-refractivity contribution in [3.05, 3.63) is 89.2 Å². The summed E-state index contributed by atoms with van der Waals surface area (Å²) in [6.07, 6.45) is 3.40. The van der Waals surface area contributed by atoms with Crippen LogP contribution in [-0.4, -0.2) is 28.2 Å². The quantitative estimate of drug-likeness (QED) is 0.302. The number of carbonyl (C=O) groups excluding carboxylic acids is 1. The second-order valence-electron chi connectivity index (χ2n) is 6.89. The number of aromatic nitrogens is 2. The number of benzene rings is 2. The van der Waals surface area contributed by atoms with E-state index < -0.39 is 5.91 Å². The topological polar surface area (TPSA) is 84.3 Å². The van der Waals surface area contributed by atoms with E-state index in [9.17, 15) is 10.0 Å². The summed E-state index contributed by atoms with van der Waals surface area (Å²) < 4.78 is 5.57. The van der Waals surface area contributed by atoms with E-state index in [1.807, 2.05) is 61.5 Å². The van der Waals surface area contributed by atoms with Crippen LogP contribution < -0.4 is 10.2 Å². The van der Waals surface area contributed by atoms with Gasteiger partial charge in [-0.25, -0.2) is 10.5 Å². The molecule has 6 heteroatoms. The number of pyridine rings is 2. The second-order valence-corrected chi connectivity index (χ2v) is 6.89. The molecule has 2 N–H and O–H groups in total. The van der Waals surface area contributed by atoms with Crippen molar-refractivity contribution in [1.29, 1.82) is 0 Å². The number of fused-ring (bicyclic) bond motifs is 1. The predicted molar refractivity (Wildman–Crippen MR) is 118 cm³/mol. The Labute approximate surface area is 179 Å². The maximum atomic E-state index is 12.5. The standard InChI is InChI=1S/C25H19N3O3/c1-16-3-10-21-20(15-16)22(25(29)28-30)24(31-2)23(27-21)19-8-6-17(7-9-19)4-5-18-11-13-26-14-12-18/h3,6-15,30H,1-2H3,(H,28,29). The Bertz CT molecular complexity index is 1320. The summed E-state index contributed by atoms with van der Waals surface area (Å²) in [4.78, 5) is 21.2. The van der Waals surface area contributed by atoms with Gasteiger partial charge in [0.05, 0.1) is 18.2 Å². The van der Waals surface area contributed by atoms with Crippen LogP contribution >= 0.6 is 0 Å². The van der Waals surface area contributed by atoms with Crippen LogP contribution in [0.4, 0.5) is 0 Å². The molecule has 31 heavy (non-hydrogen) atoms. The van der Waals surface area contributed by atoms with Gasteiger partial charge in [0.1, 0.15) is 5.69 Å². The monoisotopic (exact) mass is 409 g/mol. The molecule has 1 amide bonds. The van der Waals surface area contributed by atoms with E-state index >= 15 is 0 Å². The molecule has 0 atom stereocenters. The van der Waals surface area contributed by atoms with Gasteiger partial charge in [0.2, 0.25) is 0 Å². The van der Waals surface area contributed by atoms with E-state index in [1.54, 1.807) is 17.9 Å². The van der Waals surface area contributed by atoms with Crippen LogP contribution in [0, 0.1) is 18.8 Å². The summed E-state index contributed by atoms with van der Waals surface area (Å²) in [5, 5.41) is 9.90. The highest BCUT2D eigenvalue weighted by Gasteiger charge is 2.22. The molecule has 2 aromatic carbocycles. The molecule has 0 radical (unpaired) electrons. The number of methoxy groups -OCH3 is 1. The number of hydrogen-bond donors (Lipinski definition) is 2. The van der Waals surface area contributed by atoms with Crippen LogP contribution in [0.25, 0.3) is 22.2 Å². The number of amides is 1. The number of nitrogens with zero attached hydrogens (tertiary/aromatic N) is 2. The van der Waals surface area contributed by atoms with E-state index in [2.05, 4.69) is 16.8 Å². The van der Waals surface area contributed by atoms with Crippen molar-refractivity contribution in [1.82, 2.24) is 15.4 Å². The lowest BCUT2D eigenvalue weighted by Gasteiger charge is -2.15. The van der Waals surface area contributed by atoms with Gasteiger partial charge in [0.15, 0.2) is 5.75 Å². The Kier molecular flexibility index (Phi) is 5.61. The molecule has 0 saturated carbocycles. The third-order valence-corrected chi connectivity index (χ3v) is 4.82. The highest BCUT2D eigenvalue weighted by molar-refractivity contribution is 6.10. The number of ether oxygens (including phenoxy) is 1. The normalized spacial score (nSPS) is 10.3. The Morgan fingerprint density at radius 2 is 1.68 bits per heavy atom. The van der Waals surface area contributed by atoms with Gasteiger partial charge in [-0.1, -0.05) is 35.6 Å². The molecule has 0 saturated heterocycles. The van der Waals surface area contributed by atoms with E-state index in [4.69, 9.17) is 9.72 Å². The molecule has 0 aliphatic rings. The van der Waals surface area contributed by atoms with Gasteiger partial charge < -0.3 is 4.74 Å². The molecule has 6 nitrogen and oxygen atoms in total. The summed E-state index contributed by atoms with van der Waals surface area (Å²) in [6, 6.07) is 16.8. The number of carbonyl (C=O) groups is 1. The molecule has 2 heterocycles. The van der Waals surface area contributed by atoms with Gasteiger partial charge in [-0.3, -0.25) is 15.0 Å². The second kappa shape index (κ2) is 8.66. The van der Waals surface area contributed by atoms with Gasteiger partial charge in [0, 0.05) is 34.5 Å². The molecule has 0 fully saturated rings. The van der Waals surface area contributed by atoms with Crippen LogP contribution in [0.3, 0.4) is 0 Å². The number of hydroxylamine groups is 1. The highest BCUT2D eigenvalue weighted by atomic mass is 16.5. The average Bonchev–Trinajstić information content (AvgIpc) is 2.82. The lowest BCUT2D eigenvalue weighted by Crippen LogP contribution is -2.20. The summed E-state index contributed by atoms with van der Waals surface area (Å²) in [7, 11) is 1.48. The molecule has 2 aromatic heterocycles.